The molecule has 1 atom stereocenters. The smallest absolute Gasteiger partial charge is 0.248 e. The van der Waals surface area contributed by atoms with Crippen LogP contribution in [0.1, 0.15) is 48.3 Å². The maximum atomic E-state index is 13.5. The Labute approximate surface area is 171 Å². The fourth-order valence-corrected chi connectivity index (χ4v) is 4.91. The number of nitrogens with zero attached hydrogens (tertiary/aromatic N) is 3. The molecule has 1 unspecified atom stereocenters. The second-order valence-corrected chi connectivity index (χ2v) is 8.29. The Hall–Kier alpha value is -2.63. The van der Waals surface area contributed by atoms with Gasteiger partial charge in [-0.2, -0.15) is 0 Å². The summed E-state index contributed by atoms with van der Waals surface area (Å²) in [7, 11) is 0. The number of aromatic nitrogens is 1. The summed E-state index contributed by atoms with van der Waals surface area (Å²) in [4.78, 5) is 30.6. The summed E-state index contributed by atoms with van der Waals surface area (Å²) in [5, 5.41) is 3.96. The van der Waals surface area contributed by atoms with Gasteiger partial charge in [0.25, 0.3) is 0 Å². The molecule has 6 nitrogen and oxygen atoms in total. The van der Waals surface area contributed by atoms with Crippen molar-refractivity contribution < 1.29 is 14.1 Å². The van der Waals surface area contributed by atoms with Gasteiger partial charge in [-0.05, 0) is 51.5 Å². The van der Waals surface area contributed by atoms with Crippen molar-refractivity contribution in [2.24, 2.45) is 0 Å². The molecular formula is C23H29N3O3. The van der Waals surface area contributed by atoms with Crippen LogP contribution in [0.15, 0.2) is 34.9 Å². The van der Waals surface area contributed by atoms with Crippen molar-refractivity contribution in [1.29, 1.82) is 0 Å². The highest BCUT2D eigenvalue weighted by Crippen LogP contribution is 2.39. The topological polar surface area (TPSA) is 66.7 Å². The van der Waals surface area contributed by atoms with Crippen molar-refractivity contribution >= 4 is 11.8 Å². The van der Waals surface area contributed by atoms with Crippen LogP contribution in [0.4, 0.5) is 0 Å². The lowest BCUT2D eigenvalue weighted by molar-refractivity contribution is -0.155. The van der Waals surface area contributed by atoms with Crippen LogP contribution in [-0.4, -0.2) is 51.9 Å². The zero-order chi connectivity index (χ0) is 20.4. The van der Waals surface area contributed by atoms with Crippen LogP contribution in [0.5, 0.6) is 0 Å². The van der Waals surface area contributed by atoms with Crippen LogP contribution in [-0.2, 0) is 22.4 Å². The lowest BCUT2D eigenvalue weighted by atomic mass is 9.85. The third-order valence-corrected chi connectivity index (χ3v) is 6.52. The molecule has 0 bridgehead atoms. The van der Waals surface area contributed by atoms with E-state index in [2.05, 4.69) is 17.3 Å². The average Bonchev–Trinajstić information content (AvgIpc) is 3.29. The lowest BCUT2D eigenvalue weighted by Gasteiger charge is -2.44. The largest absolute Gasteiger partial charge is 0.361 e. The molecule has 4 rings (SSSR count). The summed E-state index contributed by atoms with van der Waals surface area (Å²) < 4.78 is 5.21. The third kappa shape index (κ3) is 3.68. The standard InChI is InChI=1S/C23H29N3O3/c1-17-20(18(2)29-24-17)16-21(27)26-14-7-12-23(26)11-6-13-25(22(23)28)15-10-19-8-4-3-5-9-19/h3-5,8-9H,6-7,10-16H2,1-2H3. The Kier molecular flexibility index (Phi) is 5.43. The van der Waals surface area contributed by atoms with E-state index in [1.54, 1.807) is 0 Å². The van der Waals surface area contributed by atoms with E-state index in [4.69, 9.17) is 4.52 Å². The molecule has 2 aromatic rings. The number of piperidine rings is 1. The predicted molar refractivity (Wildman–Crippen MR) is 109 cm³/mol. The van der Waals surface area contributed by atoms with Crippen molar-refractivity contribution in [3.8, 4) is 0 Å². The van der Waals surface area contributed by atoms with Gasteiger partial charge in [-0.15, -0.1) is 0 Å². The molecule has 29 heavy (non-hydrogen) atoms. The molecule has 154 valence electrons. The van der Waals surface area contributed by atoms with E-state index in [0.717, 1.165) is 49.9 Å². The number of benzene rings is 1. The molecule has 0 aliphatic carbocycles. The number of likely N-dealkylation sites (tertiary alicyclic amines) is 2. The number of amides is 2. The molecule has 1 spiro atoms. The van der Waals surface area contributed by atoms with Crippen molar-refractivity contribution in [2.75, 3.05) is 19.6 Å². The highest BCUT2D eigenvalue weighted by Gasteiger charge is 2.52. The first-order valence-corrected chi connectivity index (χ1v) is 10.6. The number of hydrogen-bond acceptors (Lipinski definition) is 4. The summed E-state index contributed by atoms with van der Waals surface area (Å²) in [5.74, 6) is 0.822. The number of carbonyl (C=O) groups is 2. The van der Waals surface area contributed by atoms with Crippen LogP contribution in [0, 0.1) is 13.8 Å². The Morgan fingerprint density at radius 3 is 2.55 bits per heavy atom. The maximum Gasteiger partial charge on any atom is 0.248 e. The van der Waals surface area contributed by atoms with Crippen molar-refractivity contribution in [3.05, 3.63) is 52.9 Å². The number of rotatable bonds is 5. The first-order chi connectivity index (χ1) is 14.0. The molecule has 1 aromatic carbocycles. The van der Waals surface area contributed by atoms with Crippen LogP contribution < -0.4 is 0 Å². The Morgan fingerprint density at radius 1 is 1.14 bits per heavy atom. The molecule has 3 heterocycles. The molecule has 2 saturated heterocycles. The Bertz CT molecular complexity index is 873. The lowest BCUT2D eigenvalue weighted by Crippen LogP contribution is -2.61. The highest BCUT2D eigenvalue weighted by atomic mass is 16.5. The third-order valence-electron chi connectivity index (χ3n) is 6.52. The van der Waals surface area contributed by atoms with Gasteiger partial charge in [0.05, 0.1) is 12.1 Å². The molecule has 2 fully saturated rings. The van der Waals surface area contributed by atoms with Crippen molar-refractivity contribution in [1.82, 2.24) is 15.0 Å². The van der Waals surface area contributed by atoms with E-state index in [9.17, 15) is 9.59 Å². The van der Waals surface area contributed by atoms with E-state index in [1.807, 2.05) is 41.8 Å². The average molecular weight is 396 g/mol. The summed E-state index contributed by atoms with van der Waals surface area (Å²) in [6.45, 7) is 5.83. The first-order valence-electron chi connectivity index (χ1n) is 10.6. The first kappa shape index (κ1) is 19.7. The molecule has 2 aliphatic heterocycles. The predicted octanol–water partition coefficient (Wildman–Crippen LogP) is 3.06. The molecular weight excluding hydrogens is 366 g/mol. The number of carbonyl (C=O) groups excluding carboxylic acids is 2. The van der Waals surface area contributed by atoms with Gasteiger partial charge in [0.2, 0.25) is 11.8 Å². The van der Waals surface area contributed by atoms with Gasteiger partial charge >= 0.3 is 0 Å². The van der Waals surface area contributed by atoms with Gasteiger partial charge in [0.15, 0.2) is 0 Å². The zero-order valence-electron chi connectivity index (χ0n) is 17.3. The van der Waals surface area contributed by atoms with E-state index >= 15 is 0 Å². The molecule has 2 aliphatic rings. The van der Waals surface area contributed by atoms with Gasteiger partial charge < -0.3 is 14.3 Å². The zero-order valence-corrected chi connectivity index (χ0v) is 17.3. The quantitative estimate of drug-likeness (QED) is 0.780. The second kappa shape index (κ2) is 8.01. The molecule has 6 heteroatoms. The van der Waals surface area contributed by atoms with Gasteiger partial charge in [-0.1, -0.05) is 35.5 Å². The van der Waals surface area contributed by atoms with Crippen LogP contribution in [0.25, 0.3) is 0 Å². The van der Waals surface area contributed by atoms with Crippen molar-refractivity contribution in [3.63, 3.8) is 0 Å². The molecule has 0 radical (unpaired) electrons. The minimum atomic E-state index is -0.662. The molecule has 2 amide bonds. The van der Waals surface area contributed by atoms with Crippen LogP contribution >= 0.6 is 0 Å². The minimum absolute atomic E-state index is 0.00941. The number of aryl methyl sites for hydroxylation is 2. The van der Waals surface area contributed by atoms with Crippen LogP contribution in [0.3, 0.4) is 0 Å². The second-order valence-electron chi connectivity index (χ2n) is 8.29. The summed E-state index contributed by atoms with van der Waals surface area (Å²) >= 11 is 0. The van der Waals surface area contributed by atoms with Crippen LogP contribution in [0.2, 0.25) is 0 Å². The van der Waals surface area contributed by atoms with E-state index in [0.29, 0.717) is 18.8 Å². The normalized spacial score (nSPS) is 21.9. The van der Waals surface area contributed by atoms with E-state index < -0.39 is 5.54 Å². The summed E-state index contributed by atoms with van der Waals surface area (Å²) in [6, 6.07) is 10.3. The molecule has 0 saturated carbocycles. The maximum absolute atomic E-state index is 13.5. The highest BCUT2D eigenvalue weighted by molar-refractivity contribution is 5.93. The van der Waals surface area contributed by atoms with Gasteiger partial charge in [-0.25, -0.2) is 0 Å². The monoisotopic (exact) mass is 395 g/mol. The molecule has 1 aromatic heterocycles. The summed E-state index contributed by atoms with van der Waals surface area (Å²) in [6.07, 6.45) is 4.44. The summed E-state index contributed by atoms with van der Waals surface area (Å²) in [5.41, 5.74) is 2.17. The van der Waals surface area contributed by atoms with Gasteiger partial charge in [0, 0.05) is 25.2 Å². The van der Waals surface area contributed by atoms with Gasteiger partial charge in [-0.3, -0.25) is 9.59 Å². The fourth-order valence-electron chi connectivity index (χ4n) is 4.91. The fraction of sp³-hybridized carbons (Fsp3) is 0.522. The molecule has 0 N–H and O–H groups in total. The number of hydrogen-bond donors (Lipinski definition) is 0. The SMILES string of the molecule is Cc1noc(C)c1CC(=O)N1CCCC12CCCN(CCc1ccccc1)C2=O. The van der Waals surface area contributed by atoms with E-state index in [-0.39, 0.29) is 18.2 Å². The van der Waals surface area contributed by atoms with E-state index in [1.165, 1.54) is 5.56 Å². The Balaban J connectivity index is 1.49. The minimum Gasteiger partial charge on any atom is -0.361 e. The van der Waals surface area contributed by atoms with Gasteiger partial charge in [0.1, 0.15) is 11.3 Å². The van der Waals surface area contributed by atoms with Crippen molar-refractivity contribution in [2.45, 2.75) is 57.9 Å². The Morgan fingerprint density at radius 2 is 1.86 bits per heavy atom.